The Bertz CT molecular complexity index is 400. The normalized spacial score (nSPS) is 11.0. The van der Waals surface area contributed by atoms with E-state index in [9.17, 15) is 4.79 Å². The maximum atomic E-state index is 11.3. The summed E-state index contributed by atoms with van der Waals surface area (Å²) in [6, 6.07) is 6.38. The molecule has 0 atom stereocenters. The van der Waals surface area contributed by atoms with E-state index >= 15 is 0 Å². The minimum atomic E-state index is -0.379. The van der Waals surface area contributed by atoms with E-state index in [4.69, 9.17) is 20.4 Å². The minimum absolute atomic E-state index is 0.0186. The smallest absolute Gasteiger partial charge is 0.338 e. The van der Waals surface area contributed by atoms with Crippen molar-refractivity contribution in [3.8, 4) is 5.75 Å². The van der Waals surface area contributed by atoms with Gasteiger partial charge < -0.3 is 20.4 Å². The molecule has 0 saturated heterocycles. The fourth-order valence-electron chi connectivity index (χ4n) is 1.09. The number of hydrogen-bond acceptors (Lipinski definition) is 5. The molecule has 3 N–H and O–H groups in total. The third-order valence-electron chi connectivity index (χ3n) is 1.88. The number of carbonyl (C=O) groups excluding carboxylic acids is 1. The lowest BCUT2D eigenvalue weighted by atomic mass is 10.2. The van der Waals surface area contributed by atoms with Crippen molar-refractivity contribution in [1.29, 1.82) is 0 Å². The van der Waals surface area contributed by atoms with E-state index in [1.807, 2.05) is 0 Å². The number of oxime groups is 1. The van der Waals surface area contributed by atoms with Crippen molar-refractivity contribution in [2.24, 2.45) is 10.9 Å². The average Bonchev–Trinajstić information content (AvgIpc) is 2.36. The molecule has 0 amide bonds. The van der Waals surface area contributed by atoms with E-state index in [1.165, 1.54) is 0 Å². The average molecular weight is 238 g/mol. The van der Waals surface area contributed by atoms with Gasteiger partial charge in [0.25, 0.3) is 0 Å². The van der Waals surface area contributed by atoms with Crippen LogP contribution in [0.3, 0.4) is 0 Å². The molecule has 0 aliphatic heterocycles. The Morgan fingerprint density at radius 1 is 1.41 bits per heavy atom. The zero-order valence-corrected chi connectivity index (χ0v) is 9.42. The molecule has 0 fully saturated rings. The largest absolute Gasteiger partial charge is 0.486 e. The standard InChI is InChI=1S/C11H14N2O4/c1-2-16-11(14)8-3-5-9(6-4-8)17-7-10(12)13-15/h3-6,15H,2,7H2,1H3,(H2,12,13). The van der Waals surface area contributed by atoms with Crippen molar-refractivity contribution in [3.63, 3.8) is 0 Å². The van der Waals surface area contributed by atoms with Gasteiger partial charge in [-0.3, -0.25) is 0 Å². The second-order valence-electron chi connectivity index (χ2n) is 3.12. The van der Waals surface area contributed by atoms with Gasteiger partial charge in [-0.05, 0) is 31.2 Å². The van der Waals surface area contributed by atoms with Crippen molar-refractivity contribution in [2.45, 2.75) is 6.92 Å². The molecule has 1 aromatic carbocycles. The number of nitrogens with zero attached hydrogens (tertiary/aromatic N) is 1. The van der Waals surface area contributed by atoms with Crippen LogP contribution >= 0.6 is 0 Å². The highest BCUT2D eigenvalue weighted by Crippen LogP contribution is 2.12. The molecule has 92 valence electrons. The number of carbonyl (C=O) groups is 1. The first-order valence-corrected chi connectivity index (χ1v) is 5.03. The zero-order valence-electron chi connectivity index (χ0n) is 9.42. The van der Waals surface area contributed by atoms with Crippen LogP contribution in [0, 0.1) is 0 Å². The highest BCUT2D eigenvalue weighted by molar-refractivity contribution is 5.89. The molecule has 0 heterocycles. The van der Waals surface area contributed by atoms with Crippen LogP contribution in [0.25, 0.3) is 0 Å². The van der Waals surface area contributed by atoms with E-state index in [-0.39, 0.29) is 18.4 Å². The summed E-state index contributed by atoms with van der Waals surface area (Å²) < 4.78 is 10.0. The van der Waals surface area contributed by atoms with Crippen LogP contribution in [0.4, 0.5) is 0 Å². The van der Waals surface area contributed by atoms with Gasteiger partial charge in [-0.2, -0.15) is 0 Å². The van der Waals surface area contributed by atoms with Crippen LogP contribution in [0.15, 0.2) is 29.4 Å². The topological polar surface area (TPSA) is 94.1 Å². The predicted molar refractivity (Wildman–Crippen MR) is 61.3 cm³/mol. The first kappa shape index (κ1) is 12.8. The van der Waals surface area contributed by atoms with Crippen LogP contribution < -0.4 is 10.5 Å². The van der Waals surface area contributed by atoms with Crippen LogP contribution in [-0.2, 0) is 4.74 Å². The summed E-state index contributed by atoms with van der Waals surface area (Å²) in [6.07, 6.45) is 0. The van der Waals surface area contributed by atoms with Crippen molar-refractivity contribution in [1.82, 2.24) is 0 Å². The number of ether oxygens (including phenoxy) is 2. The van der Waals surface area contributed by atoms with Gasteiger partial charge in [0, 0.05) is 0 Å². The van der Waals surface area contributed by atoms with Crippen LogP contribution in [0.2, 0.25) is 0 Å². The molecular formula is C11H14N2O4. The third-order valence-corrected chi connectivity index (χ3v) is 1.88. The lowest BCUT2D eigenvalue weighted by Crippen LogP contribution is -2.20. The van der Waals surface area contributed by atoms with Gasteiger partial charge in [-0.15, -0.1) is 0 Å². The number of hydrogen-bond donors (Lipinski definition) is 2. The molecule has 0 bridgehead atoms. The Balaban J connectivity index is 2.59. The molecule has 0 unspecified atom stereocenters. The summed E-state index contributed by atoms with van der Waals surface area (Å²) in [5.74, 6) is 0.111. The Labute approximate surface area is 98.6 Å². The fraction of sp³-hybridized carbons (Fsp3) is 0.273. The summed E-state index contributed by atoms with van der Waals surface area (Å²) in [5, 5.41) is 11.1. The lowest BCUT2D eigenvalue weighted by Gasteiger charge is -2.06. The first-order chi connectivity index (χ1) is 8.17. The van der Waals surface area contributed by atoms with Crippen LogP contribution in [0.1, 0.15) is 17.3 Å². The lowest BCUT2D eigenvalue weighted by molar-refractivity contribution is 0.0526. The molecule has 1 rings (SSSR count). The summed E-state index contributed by atoms with van der Waals surface area (Å²) in [5.41, 5.74) is 5.69. The summed E-state index contributed by atoms with van der Waals surface area (Å²) in [7, 11) is 0. The zero-order chi connectivity index (χ0) is 12.7. The maximum absolute atomic E-state index is 11.3. The first-order valence-electron chi connectivity index (χ1n) is 5.03. The Morgan fingerprint density at radius 2 is 2.06 bits per heavy atom. The number of rotatable bonds is 5. The molecule has 1 aromatic rings. The summed E-state index contributed by atoms with van der Waals surface area (Å²) in [6.45, 7) is 2.06. The molecule has 0 aliphatic carbocycles. The van der Waals surface area contributed by atoms with Gasteiger partial charge in [-0.1, -0.05) is 5.16 Å². The molecule has 0 spiro atoms. The van der Waals surface area contributed by atoms with E-state index < -0.39 is 0 Å². The monoisotopic (exact) mass is 238 g/mol. The van der Waals surface area contributed by atoms with E-state index in [2.05, 4.69) is 5.16 Å². The van der Waals surface area contributed by atoms with Crippen LogP contribution in [-0.4, -0.2) is 30.2 Å². The molecule has 6 nitrogen and oxygen atoms in total. The molecular weight excluding hydrogens is 224 g/mol. The predicted octanol–water partition coefficient (Wildman–Crippen LogP) is 0.989. The van der Waals surface area contributed by atoms with Gasteiger partial charge in [0.1, 0.15) is 12.4 Å². The maximum Gasteiger partial charge on any atom is 0.338 e. The molecule has 0 radical (unpaired) electrons. The van der Waals surface area contributed by atoms with Crippen molar-refractivity contribution >= 4 is 11.8 Å². The molecule has 0 saturated carbocycles. The van der Waals surface area contributed by atoms with E-state index in [1.54, 1.807) is 31.2 Å². The Hall–Kier alpha value is -2.24. The van der Waals surface area contributed by atoms with Gasteiger partial charge in [-0.25, -0.2) is 4.79 Å². The Morgan fingerprint density at radius 3 is 2.59 bits per heavy atom. The van der Waals surface area contributed by atoms with Gasteiger partial charge in [0.15, 0.2) is 5.84 Å². The quantitative estimate of drug-likeness (QED) is 0.262. The molecule has 17 heavy (non-hydrogen) atoms. The SMILES string of the molecule is CCOC(=O)c1ccc(OC/C(N)=N/O)cc1. The van der Waals surface area contributed by atoms with E-state index in [0.717, 1.165) is 0 Å². The summed E-state index contributed by atoms with van der Waals surface area (Å²) >= 11 is 0. The highest BCUT2D eigenvalue weighted by Gasteiger charge is 2.05. The van der Waals surface area contributed by atoms with Crippen molar-refractivity contribution in [3.05, 3.63) is 29.8 Å². The van der Waals surface area contributed by atoms with Gasteiger partial charge >= 0.3 is 5.97 Å². The highest BCUT2D eigenvalue weighted by atomic mass is 16.5. The van der Waals surface area contributed by atoms with Gasteiger partial charge in [0.2, 0.25) is 0 Å². The molecule has 0 aromatic heterocycles. The number of nitrogens with two attached hydrogens (primary N) is 1. The number of benzene rings is 1. The second-order valence-corrected chi connectivity index (χ2v) is 3.12. The van der Waals surface area contributed by atoms with Gasteiger partial charge in [0.05, 0.1) is 12.2 Å². The van der Waals surface area contributed by atoms with Crippen LogP contribution in [0.5, 0.6) is 5.75 Å². The number of amidine groups is 1. The summed E-state index contributed by atoms with van der Waals surface area (Å²) in [4.78, 5) is 11.3. The number of esters is 1. The molecule has 6 heteroatoms. The fourth-order valence-corrected chi connectivity index (χ4v) is 1.09. The van der Waals surface area contributed by atoms with Crippen molar-refractivity contribution in [2.75, 3.05) is 13.2 Å². The Kier molecular flexibility index (Phi) is 4.80. The molecule has 0 aliphatic rings. The second kappa shape index (κ2) is 6.37. The van der Waals surface area contributed by atoms with Crippen molar-refractivity contribution < 1.29 is 19.5 Å². The van der Waals surface area contributed by atoms with E-state index in [0.29, 0.717) is 17.9 Å². The third kappa shape index (κ3) is 4.02. The minimum Gasteiger partial charge on any atom is -0.486 e.